The summed E-state index contributed by atoms with van der Waals surface area (Å²) >= 11 is 0. The van der Waals surface area contributed by atoms with Gasteiger partial charge in [-0.2, -0.15) is 0 Å². The molecule has 10 heteroatoms. The number of carboxylic acids is 1. The summed E-state index contributed by atoms with van der Waals surface area (Å²) in [5.74, 6) is -0.992. The van der Waals surface area contributed by atoms with Gasteiger partial charge in [0.2, 0.25) is 5.91 Å². The van der Waals surface area contributed by atoms with Crippen molar-refractivity contribution in [3.8, 4) is 16.9 Å². The van der Waals surface area contributed by atoms with Crippen molar-refractivity contribution in [2.75, 3.05) is 20.1 Å². The monoisotopic (exact) mass is 668 g/mol. The predicted octanol–water partition coefficient (Wildman–Crippen LogP) is 5.63. The number of hydrogen-bond acceptors (Lipinski definition) is 8. The number of nitrogens with one attached hydrogen (secondary N) is 1. The second kappa shape index (κ2) is 17.2. The van der Waals surface area contributed by atoms with Gasteiger partial charge in [0.1, 0.15) is 5.75 Å². The van der Waals surface area contributed by atoms with E-state index in [1.165, 1.54) is 0 Å². The highest BCUT2D eigenvalue weighted by atomic mass is 16.7. The standard InChI is InChI=1S/C39H44N2O8/c1-41(24-35(44)31-9-4-11-33(43)20-31)23-34-21-36(28-16-14-26(25-42)15-17-28)49-39(48-34)32-10-3-8-30(19-32)29-7-2-6-27(18-29)22-40-37(45)12-5-13-38(46)47/h2-4,6-11,14-20,34-36,39,42-44H,5,12-13,21-25H2,1H3,(H,40,45)(H,46,47)/t34-,35+,36+,39+/m0/s1. The summed E-state index contributed by atoms with van der Waals surface area (Å²) in [7, 11) is 1.93. The highest BCUT2D eigenvalue weighted by Gasteiger charge is 2.33. The van der Waals surface area contributed by atoms with Crippen molar-refractivity contribution in [1.82, 2.24) is 10.2 Å². The van der Waals surface area contributed by atoms with Crippen LogP contribution in [0.25, 0.3) is 11.1 Å². The minimum absolute atomic E-state index is 0.0363. The fourth-order valence-electron chi connectivity index (χ4n) is 6.00. The lowest BCUT2D eigenvalue weighted by Crippen LogP contribution is -2.39. The Balaban J connectivity index is 1.30. The van der Waals surface area contributed by atoms with Crippen molar-refractivity contribution >= 4 is 11.9 Å². The van der Waals surface area contributed by atoms with E-state index in [1.807, 2.05) is 84.7 Å². The van der Waals surface area contributed by atoms with Crippen LogP contribution in [0.5, 0.6) is 5.75 Å². The maximum absolute atomic E-state index is 12.2. The van der Waals surface area contributed by atoms with E-state index in [-0.39, 0.29) is 43.3 Å². The summed E-state index contributed by atoms with van der Waals surface area (Å²) in [5, 5.41) is 41.9. The predicted molar refractivity (Wildman–Crippen MR) is 184 cm³/mol. The number of aliphatic hydroxyl groups excluding tert-OH is 2. The topological polar surface area (TPSA) is 149 Å². The number of hydrogen-bond donors (Lipinski definition) is 5. The number of aromatic hydroxyl groups is 1. The maximum Gasteiger partial charge on any atom is 0.303 e. The fourth-order valence-corrected chi connectivity index (χ4v) is 6.00. The molecule has 1 heterocycles. The number of carboxylic acid groups (broad SMARTS) is 1. The van der Waals surface area contributed by atoms with Crippen molar-refractivity contribution in [3.05, 3.63) is 125 Å². The van der Waals surface area contributed by atoms with Crippen LogP contribution in [0.3, 0.4) is 0 Å². The molecule has 4 aromatic rings. The maximum atomic E-state index is 12.2. The molecule has 0 aliphatic carbocycles. The van der Waals surface area contributed by atoms with Gasteiger partial charge in [0.15, 0.2) is 6.29 Å². The molecule has 1 fully saturated rings. The minimum Gasteiger partial charge on any atom is -0.508 e. The molecule has 4 aromatic carbocycles. The van der Waals surface area contributed by atoms with Crippen LogP contribution in [0.2, 0.25) is 0 Å². The molecular weight excluding hydrogens is 624 g/mol. The Hall–Kier alpha value is -4.58. The van der Waals surface area contributed by atoms with Gasteiger partial charge in [0.05, 0.1) is 24.9 Å². The number of phenolic OH excluding ortho intramolecular Hbond substituents is 1. The van der Waals surface area contributed by atoms with Crippen LogP contribution in [0.15, 0.2) is 97.1 Å². The molecule has 0 aromatic heterocycles. The van der Waals surface area contributed by atoms with Crippen LogP contribution in [-0.2, 0) is 32.2 Å². The first kappa shape index (κ1) is 35.7. The van der Waals surface area contributed by atoms with Gasteiger partial charge < -0.3 is 40.1 Å². The average Bonchev–Trinajstić information content (AvgIpc) is 3.10. The summed E-state index contributed by atoms with van der Waals surface area (Å²) in [6.45, 7) is 1.17. The third-order valence-electron chi connectivity index (χ3n) is 8.57. The Morgan fingerprint density at radius 2 is 1.61 bits per heavy atom. The first-order chi connectivity index (χ1) is 23.7. The van der Waals surface area contributed by atoms with Gasteiger partial charge in [-0.3, -0.25) is 9.59 Å². The van der Waals surface area contributed by atoms with Crippen LogP contribution in [0.1, 0.15) is 72.0 Å². The number of amides is 1. The van der Waals surface area contributed by atoms with Crippen LogP contribution in [-0.4, -0.2) is 63.4 Å². The quantitative estimate of drug-likeness (QED) is 0.109. The highest BCUT2D eigenvalue weighted by molar-refractivity contribution is 5.76. The number of likely N-dealkylation sites (N-methyl/N-ethyl adjacent to an activating group) is 1. The number of carbonyl (C=O) groups excluding carboxylic acids is 1. The van der Waals surface area contributed by atoms with Crippen LogP contribution in [0.4, 0.5) is 0 Å². The molecule has 0 radical (unpaired) electrons. The molecule has 1 saturated heterocycles. The van der Waals surface area contributed by atoms with Gasteiger partial charge in [0.25, 0.3) is 0 Å². The number of rotatable bonds is 15. The summed E-state index contributed by atoms with van der Waals surface area (Å²) in [5.41, 5.74) is 6.11. The number of benzene rings is 4. The van der Waals surface area contributed by atoms with E-state index >= 15 is 0 Å². The zero-order valence-electron chi connectivity index (χ0n) is 27.6. The van der Waals surface area contributed by atoms with Crippen molar-refractivity contribution < 1.29 is 39.5 Å². The smallest absolute Gasteiger partial charge is 0.303 e. The number of phenols is 1. The van der Waals surface area contributed by atoms with E-state index in [0.717, 1.165) is 33.4 Å². The molecule has 1 amide bonds. The van der Waals surface area contributed by atoms with E-state index < -0.39 is 18.4 Å². The Kier molecular flexibility index (Phi) is 12.5. The van der Waals surface area contributed by atoms with Crippen LogP contribution in [0, 0.1) is 0 Å². The van der Waals surface area contributed by atoms with Gasteiger partial charge in [-0.25, -0.2) is 0 Å². The number of aliphatic carboxylic acids is 1. The molecule has 4 atom stereocenters. The lowest BCUT2D eigenvalue weighted by Gasteiger charge is -2.38. The average molecular weight is 669 g/mol. The number of aliphatic hydroxyl groups is 2. The molecule has 0 spiro atoms. The van der Waals surface area contributed by atoms with Crippen molar-refractivity contribution in [2.24, 2.45) is 0 Å². The first-order valence-corrected chi connectivity index (χ1v) is 16.5. The molecule has 49 heavy (non-hydrogen) atoms. The molecule has 258 valence electrons. The first-order valence-electron chi connectivity index (χ1n) is 16.5. The van der Waals surface area contributed by atoms with Gasteiger partial charge in [0, 0.05) is 44.5 Å². The molecular formula is C39H44N2O8. The van der Waals surface area contributed by atoms with Crippen LogP contribution < -0.4 is 5.32 Å². The lowest BCUT2D eigenvalue weighted by atomic mass is 9.98. The number of nitrogens with zero attached hydrogens (tertiary/aromatic N) is 1. The summed E-state index contributed by atoms with van der Waals surface area (Å²) in [6.07, 6.45) is -0.938. The van der Waals surface area contributed by atoms with E-state index in [1.54, 1.807) is 24.3 Å². The van der Waals surface area contributed by atoms with E-state index in [0.29, 0.717) is 38.0 Å². The molecule has 0 unspecified atom stereocenters. The molecule has 0 bridgehead atoms. The molecule has 5 N–H and O–H groups in total. The lowest BCUT2D eigenvalue weighted by molar-refractivity contribution is -0.252. The molecule has 1 aliphatic heterocycles. The minimum atomic E-state index is -0.914. The summed E-state index contributed by atoms with van der Waals surface area (Å²) in [4.78, 5) is 24.9. The zero-order chi connectivity index (χ0) is 34.8. The van der Waals surface area contributed by atoms with Gasteiger partial charge in [-0.05, 0) is 71.1 Å². The molecule has 10 nitrogen and oxygen atoms in total. The van der Waals surface area contributed by atoms with E-state index in [4.69, 9.17) is 14.6 Å². The zero-order valence-corrected chi connectivity index (χ0v) is 27.6. The third-order valence-corrected chi connectivity index (χ3v) is 8.57. The van der Waals surface area contributed by atoms with Crippen molar-refractivity contribution in [1.29, 1.82) is 0 Å². The molecule has 5 rings (SSSR count). The van der Waals surface area contributed by atoms with Crippen molar-refractivity contribution in [2.45, 2.75) is 63.4 Å². The van der Waals surface area contributed by atoms with Crippen LogP contribution >= 0.6 is 0 Å². The second-order valence-corrected chi connectivity index (χ2v) is 12.5. The fraction of sp³-hybridized carbons (Fsp3) is 0.333. The van der Waals surface area contributed by atoms with E-state index in [9.17, 15) is 24.9 Å². The Morgan fingerprint density at radius 3 is 2.35 bits per heavy atom. The van der Waals surface area contributed by atoms with Crippen molar-refractivity contribution in [3.63, 3.8) is 0 Å². The SMILES string of the molecule is CN(C[C@@H]1C[C@H](c2ccc(CO)cc2)O[C@H](c2cccc(-c3cccc(CNC(=O)CCCC(=O)O)c3)c2)O1)C[C@@H](O)c1cccc(O)c1. The normalized spacial score (nSPS) is 18.2. The Morgan fingerprint density at radius 1 is 0.878 bits per heavy atom. The highest BCUT2D eigenvalue weighted by Crippen LogP contribution is 2.39. The summed E-state index contributed by atoms with van der Waals surface area (Å²) < 4.78 is 13.1. The Bertz CT molecular complexity index is 1690. The van der Waals surface area contributed by atoms with Gasteiger partial charge >= 0.3 is 5.97 Å². The number of ether oxygens (including phenoxy) is 2. The van der Waals surface area contributed by atoms with Gasteiger partial charge in [-0.1, -0.05) is 72.8 Å². The largest absolute Gasteiger partial charge is 0.508 e. The second-order valence-electron chi connectivity index (χ2n) is 12.5. The van der Waals surface area contributed by atoms with Gasteiger partial charge in [-0.15, -0.1) is 0 Å². The third kappa shape index (κ3) is 10.5. The summed E-state index contributed by atoms with van der Waals surface area (Å²) in [6, 6.07) is 30.2. The Labute approximate surface area is 286 Å². The number of carbonyl (C=O) groups is 2. The van der Waals surface area contributed by atoms with E-state index in [2.05, 4.69) is 5.32 Å². The molecule has 0 saturated carbocycles. The molecule has 1 aliphatic rings.